The predicted octanol–water partition coefficient (Wildman–Crippen LogP) is 1.03. The van der Waals surface area contributed by atoms with Gasteiger partial charge in [-0.05, 0) is 57.3 Å². The van der Waals surface area contributed by atoms with Gasteiger partial charge in [-0.15, -0.1) is 0 Å². The summed E-state index contributed by atoms with van der Waals surface area (Å²) in [6.45, 7) is 7.63. The number of piperidine rings is 1. The summed E-state index contributed by atoms with van der Waals surface area (Å²) in [4.78, 5) is 2.39. The van der Waals surface area contributed by atoms with E-state index in [2.05, 4.69) is 25.8 Å². The van der Waals surface area contributed by atoms with Gasteiger partial charge in [0.05, 0.1) is 0 Å². The lowest BCUT2D eigenvalue weighted by Gasteiger charge is -2.40. The molecular formula is C12H27N3. The van der Waals surface area contributed by atoms with Gasteiger partial charge in [0.1, 0.15) is 0 Å². The highest BCUT2D eigenvalue weighted by Crippen LogP contribution is 2.32. The second-order valence-corrected chi connectivity index (χ2v) is 5.69. The molecule has 0 radical (unpaired) electrons. The molecule has 1 aliphatic rings. The molecule has 90 valence electrons. The van der Waals surface area contributed by atoms with Gasteiger partial charge in [-0.3, -0.25) is 0 Å². The number of hydrogen-bond acceptors (Lipinski definition) is 3. The predicted molar refractivity (Wildman–Crippen MR) is 65.6 cm³/mol. The van der Waals surface area contributed by atoms with Gasteiger partial charge in [0.2, 0.25) is 0 Å². The van der Waals surface area contributed by atoms with Crippen molar-refractivity contribution in [3.05, 3.63) is 0 Å². The molecule has 4 N–H and O–H groups in total. The van der Waals surface area contributed by atoms with E-state index >= 15 is 0 Å². The van der Waals surface area contributed by atoms with E-state index in [0.29, 0.717) is 12.0 Å². The van der Waals surface area contributed by atoms with Crippen LogP contribution in [-0.2, 0) is 0 Å². The number of nitrogens with zero attached hydrogens (tertiary/aromatic N) is 1. The maximum Gasteiger partial charge on any atom is 0.0120 e. The maximum absolute atomic E-state index is 6.38. The Morgan fingerprint density at radius 1 is 1.33 bits per heavy atom. The van der Waals surface area contributed by atoms with E-state index in [-0.39, 0.29) is 5.41 Å². The molecule has 3 nitrogen and oxygen atoms in total. The van der Waals surface area contributed by atoms with Crippen molar-refractivity contribution in [2.24, 2.45) is 22.8 Å². The van der Waals surface area contributed by atoms with E-state index in [1.165, 1.54) is 25.9 Å². The highest BCUT2D eigenvalue weighted by Gasteiger charge is 2.33. The normalized spacial score (nSPS) is 23.0. The summed E-state index contributed by atoms with van der Waals surface area (Å²) in [5, 5.41) is 0. The van der Waals surface area contributed by atoms with Crippen LogP contribution < -0.4 is 11.5 Å². The molecule has 0 amide bonds. The molecular weight excluding hydrogens is 186 g/mol. The molecule has 1 fully saturated rings. The minimum absolute atomic E-state index is 0.190. The molecule has 1 heterocycles. The molecule has 0 bridgehead atoms. The lowest BCUT2D eigenvalue weighted by atomic mass is 9.72. The molecule has 1 rings (SSSR count). The van der Waals surface area contributed by atoms with Crippen molar-refractivity contribution in [2.75, 3.05) is 26.7 Å². The summed E-state index contributed by atoms with van der Waals surface area (Å²) < 4.78 is 0. The lowest BCUT2D eigenvalue weighted by Crippen LogP contribution is -2.48. The quantitative estimate of drug-likeness (QED) is 0.733. The summed E-state index contributed by atoms with van der Waals surface area (Å²) in [6.07, 6.45) is 3.51. The van der Waals surface area contributed by atoms with Gasteiger partial charge in [0.15, 0.2) is 0 Å². The third-order valence-electron chi connectivity index (χ3n) is 3.96. The molecule has 0 saturated carbocycles. The van der Waals surface area contributed by atoms with Crippen LogP contribution in [0.4, 0.5) is 0 Å². The summed E-state index contributed by atoms with van der Waals surface area (Å²) in [5.41, 5.74) is 12.2. The zero-order valence-electron chi connectivity index (χ0n) is 10.5. The van der Waals surface area contributed by atoms with E-state index in [9.17, 15) is 0 Å². The Hall–Kier alpha value is -0.120. The van der Waals surface area contributed by atoms with Crippen LogP contribution in [-0.4, -0.2) is 37.6 Å². The SMILES string of the molecule is CN1CCC(C(N)C(C)(C)CCN)CC1. The molecule has 1 unspecified atom stereocenters. The lowest BCUT2D eigenvalue weighted by molar-refractivity contribution is 0.133. The average molecular weight is 213 g/mol. The van der Waals surface area contributed by atoms with Crippen LogP contribution in [0.3, 0.4) is 0 Å². The first-order valence-corrected chi connectivity index (χ1v) is 6.11. The van der Waals surface area contributed by atoms with Gasteiger partial charge in [-0.2, -0.15) is 0 Å². The molecule has 1 atom stereocenters. The molecule has 0 aromatic heterocycles. The Morgan fingerprint density at radius 2 is 1.87 bits per heavy atom. The van der Waals surface area contributed by atoms with E-state index in [0.717, 1.165) is 13.0 Å². The first-order chi connectivity index (χ1) is 6.97. The van der Waals surface area contributed by atoms with Gasteiger partial charge in [-0.25, -0.2) is 0 Å². The Bertz CT molecular complexity index is 183. The largest absolute Gasteiger partial charge is 0.330 e. The first-order valence-electron chi connectivity index (χ1n) is 6.11. The van der Waals surface area contributed by atoms with Crippen LogP contribution in [0.1, 0.15) is 33.1 Å². The highest BCUT2D eigenvalue weighted by atomic mass is 15.1. The fourth-order valence-electron chi connectivity index (χ4n) is 2.56. The molecule has 3 heteroatoms. The van der Waals surface area contributed by atoms with Crippen LogP contribution in [0.2, 0.25) is 0 Å². The Morgan fingerprint density at radius 3 is 2.33 bits per heavy atom. The first kappa shape index (κ1) is 12.9. The van der Waals surface area contributed by atoms with Crippen LogP contribution >= 0.6 is 0 Å². The minimum Gasteiger partial charge on any atom is -0.330 e. The summed E-state index contributed by atoms with van der Waals surface area (Å²) in [5.74, 6) is 0.683. The second kappa shape index (κ2) is 5.28. The fraction of sp³-hybridized carbons (Fsp3) is 1.00. The van der Waals surface area contributed by atoms with Crippen molar-refractivity contribution in [3.8, 4) is 0 Å². The monoisotopic (exact) mass is 213 g/mol. The molecule has 15 heavy (non-hydrogen) atoms. The third kappa shape index (κ3) is 3.44. The summed E-state index contributed by atoms with van der Waals surface area (Å²) >= 11 is 0. The topological polar surface area (TPSA) is 55.3 Å². The molecule has 0 aliphatic carbocycles. The maximum atomic E-state index is 6.38. The number of hydrogen-bond donors (Lipinski definition) is 2. The smallest absolute Gasteiger partial charge is 0.0120 e. The zero-order valence-corrected chi connectivity index (χ0v) is 10.5. The zero-order chi connectivity index (χ0) is 11.5. The van der Waals surface area contributed by atoms with Gasteiger partial charge < -0.3 is 16.4 Å². The second-order valence-electron chi connectivity index (χ2n) is 5.69. The van der Waals surface area contributed by atoms with Crippen LogP contribution in [0.15, 0.2) is 0 Å². The average Bonchev–Trinajstić information content (AvgIpc) is 2.18. The van der Waals surface area contributed by atoms with Crippen molar-refractivity contribution in [1.29, 1.82) is 0 Å². The Kier molecular flexibility index (Phi) is 4.56. The van der Waals surface area contributed by atoms with Gasteiger partial charge in [0.25, 0.3) is 0 Å². The van der Waals surface area contributed by atoms with Gasteiger partial charge in [-0.1, -0.05) is 13.8 Å². The summed E-state index contributed by atoms with van der Waals surface area (Å²) in [7, 11) is 2.19. The fourth-order valence-corrected chi connectivity index (χ4v) is 2.56. The van der Waals surface area contributed by atoms with Crippen molar-refractivity contribution in [3.63, 3.8) is 0 Å². The van der Waals surface area contributed by atoms with E-state index < -0.39 is 0 Å². The molecule has 1 saturated heterocycles. The van der Waals surface area contributed by atoms with Crippen LogP contribution in [0, 0.1) is 11.3 Å². The van der Waals surface area contributed by atoms with Crippen molar-refractivity contribution < 1.29 is 0 Å². The number of rotatable bonds is 4. The molecule has 0 spiro atoms. The van der Waals surface area contributed by atoms with Crippen molar-refractivity contribution in [2.45, 2.75) is 39.2 Å². The van der Waals surface area contributed by atoms with E-state index in [4.69, 9.17) is 11.5 Å². The molecule has 1 aliphatic heterocycles. The standard InChI is InChI=1S/C12H27N3/c1-12(2,6-7-13)11(14)10-4-8-15(3)9-5-10/h10-11H,4-9,13-14H2,1-3H3. The Labute approximate surface area is 94.2 Å². The van der Waals surface area contributed by atoms with Gasteiger partial charge >= 0.3 is 0 Å². The van der Waals surface area contributed by atoms with Crippen LogP contribution in [0.25, 0.3) is 0 Å². The van der Waals surface area contributed by atoms with Crippen molar-refractivity contribution >= 4 is 0 Å². The summed E-state index contributed by atoms with van der Waals surface area (Å²) in [6, 6.07) is 0.301. The highest BCUT2D eigenvalue weighted by molar-refractivity contribution is 4.89. The van der Waals surface area contributed by atoms with Gasteiger partial charge in [0, 0.05) is 6.04 Å². The molecule has 0 aromatic rings. The van der Waals surface area contributed by atoms with Crippen LogP contribution in [0.5, 0.6) is 0 Å². The Balaban J connectivity index is 2.48. The minimum atomic E-state index is 0.190. The van der Waals surface area contributed by atoms with E-state index in [1.807, 2.05) is 0 Å². The number of likely N-dealkylation sites (tertiary alicyclic amines) is 1. The molecule has 0 aromatic carbocycles. The van der Waals surface area contributed by atoms with E-state index in [1.54, 1.807) is 0 Å². The third-order valence-corrected chi connectivity index (χ3v) is 3.96. The number of nitrogens with two attached hydrogens (primary N) is 2. The van der Waals surface area contributed by atoms with Crippen molar-refractivity contribution in [1.82, 2.24) is 4.90 Å².